The van der Waals surface area contributed by atoms with E-state index in [-0.39, 0.29) is 0 Å². The summed E-state index contributed by atoms with van der Waals surface area (Å²) in [6, 6.07) is 7.84. The largest absolute Gasteiger partial charge is 0.310 e. The molecule has 0 aromatic heterocycles. The van der Waals surface area contributed by atoms with Gasteiger partial charge in [0.1, 0.15) is 0 Å². The summed E-state index contributed by atoms with van der Waals surface area (Å²) in [6.07, 6.45) is 9.87. The summed E-state index contributed by atoms with van der Waals surface area (Å²) < 4.78 is 0. The van der Waals surface area contributed by atoms with E-state index >= 15 is 0 Å². The van der Waals surface area contributed by atoms with E-state index in [1.165, 1.54) is 61.0 Å². The van der Waals surface area contributed by atoms with Crippen molar-refractivity contribution in [3.8, 4) is 0 Å². The molecule has 2 aliphatic carbocycles. The number of thioether (sulfide) groups is 1. The minimum Gasteiger partial charge on any atom is -0.310 e. The molecule has 2 aliphatic rings. The van der Waals surface area contributed by atoms with Crippen LogP contribution < -0.4 is 5.32 Å². The van der Waals surface area contributed by atoms with Crippen LogP contribution in [0.3, 0.4) is 0 Å². The second-order valence-corrected chi connectivity index (χ2v) is 7.48. The maximum atomic E-state index is 3.59. The molecule has 0 saturated heterocycles. The molecule has 0 radical (unpaired) electrons. The molecule has 0 unspecified atom stereocenters. The summed E-state index contributed by atoms with van der Waals surface area (Å²) in [7, 11) is 0. The van der Waals surface area contributed by atoms with Gasteiger partial charge in [-0.25, -0.2) is 0 Å². The number of rotatable bonds is 5. The van der Waals surface area contributed by atoms with Crippen LogP contribution in [0.15, 0.2) is 23.1 Å². The van der Waals surface area contributed by atoms with Crippen LogP contribution in [0.1, 0.15) is 56.1 Å². The molecule has 1 nitrogen and oxygen atoms in total. The quantitative estimate of drug-likeness (QED) is 0.838. The Morgan fingerprint density at radius 1 is 1.11 bits per heavy atom. The molecule has 1 aromatic carbocycles. The summed E-state index contributed by atoms with van der Waals surface area (Å²) in [4.78, 5) is 1.50. The van der Waals surface area contributed by atoms with Crippen molar-refractivity contribution in [2.24, 2.45) is 0 Å². The van der Waals surface area contributed by atoms with Gasteiger partial charge in [0, 0.05) is 22.7 Å². The van der Waals surface area contributed by atoms with Crippen molar-refractivity contribution >= 4 is 11.8 Å². The summed E-state index contributed by atoms with van der Waals surface area (Å²) >= 11 is 2.12. The van der Waals surface area contributed by atoms with Crippen LogP contribution >= 0.6 is 11.8 Å². The van der Waals surface area contributed by atoms with Gasteiger partial charge in [0.25, 0.3) is 0 Å². The lowest BCUT2D eigenvalue weighted by Gasteiger charge is -2.22. The van der Waals surface area contributed by atoms with E-state index in [0.717, 1.165) is 17.8 Å². The standard InChI is InChI=1S/C17H25NS/c1-13-11-14(12-18-15-8-9-15)7-10-17(13)19-16-5-3-2-4-6-16/h7,10-11,15-16,18H,2-6,8-9,12H2,1H3. The molecule has 1 aromatic rings. The lowest BCUT2D eigenvalue weighted by atomic mass is 10.0. The third kappa shape index (κ3) is 4.00. The average molecular weight is 275 g/mol. The maximum absolute atomic E-state index is 3.59. The van der Waals surface area contributed by atoms with Crippen molar-refractivity contribution in [1.82, 2.24) is 5.32 Å². The monoisotopic (exact) mass is 275 g/mol. The van der Waals surface area contributed by atoms with Crippen LogP contribution in [0.4, 0.5) is 0 Å². The molecule has 0 atom stereocenters. The van der Waals surface area contributed by atoms with Gasteiger partial charge in [0.15, 0.2) is 0 Å². The van der Waals surface area contributed by atoms with Crippen LogP contribution in [0.2, 0.25) is 0 Å². The average Bonchev–Trinajstić information content (AvgIpc) is 3.25. The minimum absolute atomic E-state index is 0.802. The molecule has 0 heterocycles. The molecule has 0 spiro atoms. The van der Waals surface area contributed by atoms with Crippen LogP contribution in [0.5, 0.6) is 0 Å². The van der Waals surface area contributed by atoms with Crippen molar-refractivity contribution in [3.63, 3.8) is 0 Å². The van der Waals surface area contributed by atoms with Crippen LogP contribution in [-0.2, 0) is 6.54 Å². The Kier molecular flexibility index (Phi) is 4.49. The van der Waals surface area contributed by atoms with E-state index in [4.69, 9.17) is 0 Å². The fraction of sp³-hybridized carbons (Fsp3) is 0.647. The van der Waals surface area contributed by atoms with Crippen molar-refractivity contribution in [2.45, 2.75) is 74.6 Å². The van der Waals surface area contributed by atoms with Crippen LogP contribution in [0, 0.1) is 6.92 Å². The fourth-order valence-corrected chi connectivity index (χ4v) is 4.19. The van der Waals surface area contributed by atoms with Gasteiger partial charge in [-0.2, -0.15) is 0 Å². The maximum Gasteiger partial charge on any atom is 0.0208 e. The van der Waals surface area contributed by atoms with Crippen molar-refractivity contribution in [3.05, 3.63) is 29.3 Å². The van der Waals surface area contributed by atoms with Gasteiger partial charge < -0.3 is 5.32 Å². The van der Waals surface area contributed by atoms with Crippen LogP contribution in [-0.4, -0.2) is 11.3 Å². The van der Waals surface area contributed by atoms with Gasteiger partial charge in [-0.05, 0) is 49.8 Å². The number of benzene rings is 1. The van der Waals surface area contributed by atoms with E-state index in [1.54, 1.807) is 0 Å². The lowest BCUT2D eigenvalue weighted by molar-refractivity contribution is 0.516. The Balaban J connectivity index is 1.58. The normalized spacial score (nSPS) is 20.7. The summed E-state index contributed by atoms with van der Waals surface area (Å²) in [5.74, 6) is 0. The second-order valence-electron chi connectivity index (χ2n) is 6.13. The topological polar surface area (TPSA) is 12.0 Å². The second kappa shape index (κ2) is 6.32. The lowest BCUT2D eigenvalue weighted by Crippen LogP contribution is -2.15. The zero-order chi connectivity index (χ0) is 13.1. The third-order valence-corrected chi connectivity index (χ3v) is 5.77. The Morgan fingerprint density at radius 2 is 1.89 bits per heavy atom. The molecular weight excluding hydrogens is 250 g/mol. The number of hydrogen-bond acceptors (Lipinski definition) is 2. The first-order valence-electron chi connectivity index (χ1n) is 7.81. The van der Waals surface area contributed by atoms with E-state index in [2.05, 4.69) is 42.2 Å². The molecule has 0 bridgehead atoms. The minimum atomic E-state index is 0.802. The molecule has 1 N–H and O–H groups in total. The first-order chi connectivity index (χ1) is 9.31. The van der Waals surface area contributed by atoms with Gasteiger partial charge in [-0.15, -0.1) is 11.8 Å². The smallest absolute Gasteiger partial charge is 0.0208 e. The Hall–Kier alpha value is -0.470. The number of nitrogens with one attached hydrogen (secondary N) is 1. The van der Waals surface area contributed by atoms with Gasteiger partial charge in [0.2, 0.25) is 0 Å². The van der Waals surface area contributed by atoms with E-state index in [1.807, 2.05) is 0 Å². The number of aryl methyl sites for hydroxylation is 1. The predicted molar refractivity (Wildman–Crippen MR) is 83.8 cm³/mol. The highest BCUT2D eigenvalue weighted by molar-refractivity contribution is 8.00. The number of hydrogen-bond donors (Lipinski definition) is 1. The molecule has 0 aliphatic heterocycles. The molecule has 104 valence electrons. The van der Waals surface area contributed by atoms with Gasteiger partial charge in [0.05, 0.1) is 0 Å². The zero-order valence-electron chi connectivity index (χ0n) is 12.0. The van der Waals surface area contributed by atoms with Crippen molar-refractivity contribution < 1.29 is 0 Å². The third-order valence-electron chi connectivity index (χ3n) is 4.26. The molecular formula is C17H25NS. The SMILES string of the molecule is Cc1cc(CNC2CC2)ccc1SC1CCCCC1. The van der Waals surface area contributed by atoms with Gasteiger partial charge >= 0.3 is 0 Å². The fourth-order valence-electron chi connectivity index (χ4n) is 2.87. The molecule has 2 saturated carbocycles. The molecule has 2 fully saturated rings. The summed E-state index contributed by atoms with van der Waals surface area (Å²) in [5.41, 5.74) is 2.91. The van der Waals surface area contributed by atoms with E-state index < -0.39 is 0 Å². The van der Waals surface area contributed by atoms with Gasteiger partial charge in [-0.1, -0.05) is 31.4 Å². The van der Waals surface area contributed by atoms with E-state index in [0.29, 0.717) is 0 Å². The zero-order valence-corrected chi connectivity index (χ0v) is 12.8. The van der Waals surface area contributed by atoms with Crippen molar-refractivity contribution in [2.75, 3.05) is 0 Å². The first-order valence-corrected chi connectivity index (χ1v) is 8.69. The summed E-state index contributed by atoms with van der Waals surface area (Å²) in [6.45, 7) is 3.31. The highest BCUT2D eigenvalue weighted by Crippen LogP contribution is 2.35. The highest BCUT2D eigenvalue weighted by atomic mass is 32.2. The Bertz CT molecular complexity index is 419. The van der Waals surface area contributed by atoms with E-state index in [9.17, 15) is 0 Å². The van der Waals surface area contributed by atoms with Crippen LogP contribution in [0.25, 0.3) is 0 Å². The molecule has 0 amide bonds. The molecule has 3 rings (SSSR count). The Labute approximate surface area is 121 Å². The highest BCUT2D eigenvalue weighted by Gasteiger charge is 2.20. The Morgan fingerprint density at radius 3 is 2.58 bits per heavy atom. The predicted octanol–water partition coefficient (Wildman–Crippen LogP) is 4.67. The van der Waals surface area contributed by atoms with Crippen molar-refractivity contribution in [1.29, 1.82) is 0 Å². The van der Waals surface area contributed by atoms with Gasteiger partial charge in [-0.3, -0.25) is 0 Å². The molecule has 2 heteroatoms. The first kappa shape index (κ1) is 13.5. The molecule has 19 heavy (non-hydrogen) atoms. The summed E-state index contributed by atoms with van der Waals surface area (Å²) in [5, 5.41) is 4.46.